The van der Waals surface area contributed by atoms with Gasteiger partial charge in [-0.1, -0.05) is 44.9 Å². The number of thiazole rings is 1. The smallest absolute Gasteiger partial charge is 0.305 e. The molecule has 0 spiro atoms. The molecule has 8 rings (SSSR count). The van der Waals surface area contributed by atoms with Crippen LogP contribution in [0.25, 0.3) is 0 Å². The van der Waals surface area contributed by atoms with Gasteiger partial charge in [0.05, 0.1) is 29.7 Å². The molecule has 2 aliphatic heterocycles. The van der Waals surface area contributed by atoms with Crippen LogP contribution in [0.4, 0.5) is 11.4 Å². The van der Waals surface area contributed by atoms with Gasteiger partial charge in [-0.15, -0.1) is 11.8 Å². The number of ether oxygens (including phenoxy) is 2. The second-order valence-electron chi connectivity index (χ2n) is 12.2. The van der Waals surface area contributed by atoms with Crippen molar-refractivity contribution in [3.63, 3.8) is 0 Å². The summed E-state index contributed by atoms with van der Waals surface area (Å²) >= 11 is 12.2. The number of aromatic amines is 1. The summed E-state index contributed by atoms with van der Waals surface area (Å²) in [7, 11) is 1.54. The maximum absolute atomic E-state index is 14.0. The number of nitrogens with one attached hydrogen (secondary N) is 2. The van der Waals surface area contributed by atoms with Gasteiger partial charge in [0.2, 0.25) is 11.8 Å². The first-order valence-corrected chi connectivity index (χ1v) is 18.0. The van der Waals surface area contributed by atoms with Crippen LogP contribution in [0.15, 0.2) is 81.0 Å². The third kappa shape index (κ3) is 5.11. The molecule has 2 bridgehead atoms. The lowest BCUT2D eigenvalue weighted by molar-refractivity contribution is -0.123. The lowest BCUT2D eigenvalue weighted by Gasteiger charge is -2.43. The maximum Gasteiger partial charge on any atom is 0.305 e. The van der Waals surface area contributed by atoms with Gasteiger partial charge in [-0.25, -0.2) is 0 Å². The third-order valence-corrected chi connectivity index (χ3v) is 13.2. The number of amides is 3. The number of anilines is 2. The van der Waals surface area contributed by atoms with Gasteiger partial charge in [0.15, 0.2) is 18.1 Å². The topological polar surface area (TPSA) is 118 Å². The number of H-pyrrole nitrogens is 1. The number of hydrogen-bond donors (Lipinski definition) is 2. The van der Waals surface area contributed by atoms with Crippen molar-refractivity contribution in [3.05, 3.63) is 96.3 Å². The van der Waals surface area contributed by atoms with E-state index in [9.17, 15) is 19.2 Å². The highest BCUT2D eigenvalue weighted by Crippen LogP contribution is 2.68. The van der Waals surface area contributed by atoms with E-state index in [4.69, 9.17) is 21.1 Å². The minimum absolute atomic E-state index is 0.0135. The average molecular weight is 753 g/mol. The summed E-state index contributed by atoms with van der Waals surface area (Å²) in [6.07, 6.45) is 0.792. The first kappa shape index (κ1) is 30.7. The number of halogens is 2. The molecule has 0 radical (unpaired) electrons. The second-order valence-corrected chi connectivity index (χ2v) is 15.8. The average Bonchev–Trinajstić information content (AvgIpc) is 3.80. The molecular formula is C34H27BrClN3O6S2. The van der Waals surface area contributed by atoms with Gasteiger partial charge in [-0.05, 0) is 90.4 Å². The Hall–Kier alpha value is -3.58. The Bertz CT molecular complexity index is 1980. The van der Waals surface area contributed by atoms with Gasteiger partial charge in [0.1, 0.15) is 0 Å². The van der Waals surface area contributed by atoms with E-state index in [1.807, 2.05) is 24.3 Å². The largest absolute Gasteiger partial charge is 0.493 e. The quantitative estimate of drug-likeness (QED) is 0.206. The van der Waals surface area contributed by atoms with Crippen LogP contribution in [0.3, 0.4) is 0 Å². The number of aromatic nitrogens is 1. The van der Waals surface area contributed by atoms with Crippen LogP contribution in [0.1, 0.15) is 22.8 Å². The van der Waals surface area contributed by atoms with Crippen LogP contribution in [-0.4, -0.2) is 41.7 Å². The summed E-state index contributed by atoms with van der Waals surface area (Å²) in [6.45, 7) is -0.232. The summed E-state index contributed by atoms with van der Waals surface area (Å²) in [5.74, 6) is -0.670. The predicted molar refractivity (Wildman–Crippen MR) is 184 cm³/mol. The summed E-state index contributed by atoms with van der Waals surface area (Å²) in [5, 5.41) is 4.24. The Balaban J connectivity index is 1.09. The number of nitrogens with zero attached hydrogens (tertiary/aromatic N) is 1. The van der Waals surface area contributed by atoms with Crippen LogP contribution < -0.4 is 24.6 Å². The van der Waals surface area contributed by atoms with Crippen molar-refractivity contribution in [1.82, 2.24) is 4.98 Å². The number of imide groups is 1. The first-order valence-electron chi connectivity index (χ1n) is 15.1. The molecule has 3 fully saturated rings. The Kier molecular flexibility index (Phi) is 7.74. The van der Waals surface area contributed by atoms with Crippen LogP contribution >= 0.6 is 50.6 Å². The van der Waals surface area contributed by atoms with E-state index < -0.39 is 5.92 Å². The van der Waals surface area contributed by atoms with Gasteiger partial charge < -0.3 is 19.8 Å². The van der Waals surface area contributed by atoms with Crippen LogP contribution in [0.2, 0.25) is 5.02 Å². The minimum atomic E-state index is -0.402. The highest BCUT2D eigenvalue weighted by molar-refractivity contribution is 9.10. The van der Waals surface area contributed by atoms with Crippen molar-refractivity contribution in [2.24, 2.45) is 29.6 Å². The number of benzene rings is 3. The molecule has 1 saturated heterocycles. The molecular weight excluding hydrogens is 726 g/mol. The molecule has 2 aliphatic carbocycles. The zero-order valence-electron chi connectivity index (χ0n) is 24.8. The highest BCUT2D eigenvalue weighted by atomic mass is 79.9. The summed E-state index contributed by atoms with van der Waals surface area (Å²) in [4.78, 5) is 58.3. The second kappa shape index (κ2) is 11.8. The predicted octanol–water partition coefficient (Wildman–Crippen LogP) is 6.56. The standard InChI is InChI=1S/C34H27BrClN3O6S2/c1-44-23-12-15(2-11-22(23)45-14-24(40)37-18-7-5-17(36)6-8-18)25-26-20-13-21(29(26)46-31-30(25)47-34(43)38-31)28-27(20)32(41)39(33(28)42)19-9-3-16(35)4-10-19/h2-12,20-21,25-29H,13-14H2,1H3,(H,37,40)(H,38,43)/t20-,21-,25+,26-,27+,28+,29-/m1/s1. The number of methoxy groups -OCH3 is 1. The number of carbonyl (C=O) groups is 3. The fourth-order valence-electron chi connectivity index (χ4n) is 8.11. The van der Waals surface area contributed by atoms with Gasteiger partial charge in [-0.2, -0.15) is 0 Å². The lowest BCUT2D eigenvalue weighted by atomic mass is 9.68. The van der Waals surface area contributed by atoms with E-state index in [1.54, 1.807) is 61.3 Å². The van der Waals surface area contributed by atoms with Crippen LogP contribution in [-0.2, 0) is 14.4 Å². The summed E-state index contributed by atoms with van der Waals surface area (Å²) in [5.41, 5.74) is 2.12. The highest BCUT2D eigenvalue weighted by Gasteiger charge is 2.69. The molecule has 4 aliphatic rings. The molecule has 3 heterocycles. The van der Waals surface area contributed by atoms with Crippen molar-refractivity contribution < 1.29 is 23.9 Å². The Morgan fingerprint density at radius 2 is 1.72 bits per heavy atom. The Morgan fingerprint density at radius 3 is 2.45 bits per heavy atom. The lowest BCUT2D eigenvalue weighted by Crippen LogP contribution is -2.42. The number of fused-ring (bicyclic) bond motifs is 9. The van der Waals surface area contributed by atoms with Crippen molar-refractivity contribution >= 4 is 79.7 Å². The molecule has 1 aromatic heterocycles. The van der Waals surface area contributed by atoms with E-state index in [0.29, 0.717) is 27.9 Å². The Labute approximate surface area is 291 Å². The Morgan fingerprint density at radius 1 is 1.00 bits per heavy atom. The fourth-order valence-corrected chi connectivity index (χ4v) is 11.4. The summed E-state index contributed by atoms with van der Waals surface area (Å²) < 4.78 is 12.5. The normalized spacial score (nSPS) is 27.0. The molecule has 13 heteroatoms. The molecule has 2 saturated carbocycles. The molecule has 3 amide bonds. The van der Waals surface area contributed by atoms with Gasteiger partial charge in [0.25, 0.3) is 5.91 Å². The summed E-state index contributed by atoms with van der Waals surface area (Å²) in [6, 6.07) is 19.7. The monoisotopic (exact) mass is 751 g/mol. The van der Waals surface area contributed by atoms with Crippen molar-refractivity contribution in [2.75, 3.05) is 23.9 Å². The van der Waals surface area contributed by atoms with Gasteiger partial charge in [-0.3, -0.25) is 24.1 Å². The SMILES string of the molecule is COc1cc([C@@H]2c3sc(=O)[nH]c3S[C@@H]3[C@@H]4C[C@@H]([C@@H]5C(=O)N(c6ccc(Br)cc6)C(=O)[C@@H]45)[C@H]23)ccc1OCC(=O)Nc1ccc(Cl)cc1. The molecule has 2 N–H and O–H groups in total. The zero-order chi connectivity index (χ0) is 32.6. The number of rotatable bonds is 7. The zero-order valence-corrected chi connectivity index (χ0v) is 28.8. The fraction of sp³-hybridized carbons (Fsp3) is 0.294. The van der Waals surface area contributed by atoms with E-state index in [2.05, 4.69) is 26.2 Å². The van der Waals surface area contributed by atoms with E-state index in [1.165, 1.54) is 16.2 Å². The van der Waals surface area contributed by atoms with E-state index in [-0.39, 0.29) is 64.0 Å². The maximum atomic E-state index is 14.0. The van der Waals surface area contributed by atoms with Crippen LogP contribution in [0.5, 0.6) is 11.5 Å². The third-order valence-electron chi connectivity index (χ3n) is 9.84. The van der Waals surface area contributed by atoms with Gasteiger partial charge >= 0.3 is 4.87 Å². The molecule has 47 heavy (non-hydrogen) atoms. The number of thioether (sulfide) groups is 1. The number of hydrogen-bond acceptors (Lipinski definition) is 8. The van der Waals surface area contributed by atoms with Crippen LogP contribution in [0, 0.1) is 29.6 Å². The molecule has 0 unspecified atom stereocenters. The molecule has 4 aromatic rings. The van der Waals surface area contributed by atoms with Crippen molar-refractivity contribution in [3.8, 4) is 11.5 Å². The van der Waals surface area contributed by atoms with E-state index >= 15 is 0 Å². The molecule has 3 aromatic carbocycles. The minimum Gasteiger partial charge on any atom is -0.493 e. The van der Waals surface area contributed by atoms with Crippen molar-refractivity contribution in [2.45, 2.75) is 22.6 Å². The number of carbonyl (C=O) groups excluding carboxylic acids is 3. The molecule has 240 valence electrons. The molecule has 9 nitrogen and oxygen atoms in total. The molecule has 7 atom stereocenters. The van der Waals surface area contributed by atoms with E-state index in [0.717, 1.165) is 26.4 Å². The van der Waals surface area contributed by atoms with Crippen molar-refractivity contribution in [1.29, 1.82) is 0 Å². The first-order chi connectivity index (χ1) is 22.7. The van der Waals surface area contributed by atoms with Gasteiger partial charge in [0, 0.05) is 31.2 Å².